The Morgan fingerprint density at radius 3 is 2.64 bits per heavy atom. The number of carbonyl (C=O) groups is 3. The quantitative estimate of drug-likeness (QED) is 0.185. The summed E-state index contributed by atoms with van der Waals surface area (Å²) in [4.78, 5) is 57.0. The van der Waals surface area contributed by atoms with E-state index in [9.17, 15) is 24.3 Å². The molecule has 0 unspecified atom stereocenters. The number of aryl methyl sites for hydroxylation is 1. The topological polar surface area (TPSA) is 137 Å². The summed E-state index contributed by atoms with van der Waals surface area (Å²) in [6.07, 6.45) is -0.168. The summed E-state index contributed by atoms with van der Waals surface area (Å²) in [5.41, 5.74) is 1.50. The number of carbonyl (C=O) groups excluding carboxylic acids is 3. The van der Waals surface area contributed by atoms with Gasteiger partial charge < -0.3 is 24.5 Å². The molecular weight excluding hydrogens is 646 g/mol. The molecule has 13 heteroatoms. The highest BCUT2D eigenvalue weighted by atomic mass is 33.1. The second-order valence-electron chi connectivity index (χ2n) is 13.6. The predicted molar refractivity (Wildman–Crippen MR) is 178 cm³/mol. The van der Waals surface area contributed by atoms with Gasteiger partial charge in [-0.3, -0.25) is 9.59 Å². The number of halogens is 1. The number of hydrogen-bond acceptors (Lipinski definition) is 10. The van der Waals surface area contributed by atoms with Crippen LogP contribution < -0.4 is 10.9 Å². The van der Waals surface area contributed by atoms with Crippen molar-refractivity contribution in [2.45, 2.75) is 104 Å². The van der Waals surface area contributed by atoms with Gasteiger partial charge in [-0.2, -0.15) is 0 Å². The minimum Gasteiger partial charge on any atom is -0.458 e. The van der Waals surface area contributed by atoms with E-state index in [0.29, 0.717) is 40.9 Å². The smallest absolute Gasteiger partial charge is 0.407 e. The van der Waals surface area contributed by atoms with E-state index in [0.717, 1.165) is 27.3 Å². The third kappa shape index (κ3) is 5.53. The van der Waals surface area contributed by atoms with Gasteiger partial charge in [0.2, 0.25) is 5.12 Å². The van der Waals surface area contributed by atoms with Crippen LogP contribution in [0.4, 0.5) is 9.18 Å². The lowest BCUT2D eigenvalue weighted by Crippen LogP contribution is -2.44. The lowest BCUT2D eigenvalue weighted by Gasteiger charge is -2.31. The number of amides is 1. The molecule has 0 saturated heterocycles. The van der Waals surface area contributed by atoms with Gasteiger partial charge in [-0.05, 0) is 73.6 Å². The molecule has 47 heavy (non-hydrogen) atoms. The van der Waals surface area contributed by atoms with E-state index in [1.54, 1.807) is 26.8 Å². The first kappa shape index (κ1) is 33.5. The first-order valence-electron chi connectivity index (χ1n) is 15.7. The second-order valence-corrected chi connectivity index (χ2v) is 16.1. The fourth-order valence-electron chi connectivity index (χ4n) is 6.46. The van der Waals surface area contributed by atoms with Crippen molar-refractivity contribution in [2.24, 2.45) is 5.41 Å². The fourth-order valence-corrected chi connectivity index (χ4v) is 9.10. The van der Waals surface area contributed by atoms with Crippen LogP contribution in [0.3, 0.4) is 0 Å². The number of benzene rings is 1. The molecule has 1 aromatic carbocycles. The van der Waals surface area contributed by atoms with Gasteiger partial charge in [-0.1, -0.05) is 38.5 Å². The Bertz CT molecular complexity index is 1920. The highest BCUT2D eigenvalue weighted by Gasteiger charge is 2.46. The average Bonchev–Trinajstić information content (AvgIpc) is 3.39. The molecule has 3 aliphatic rings. The molecule has 2 aliphatic heterocycles. The lowest BCUT2D eigenvalue weighted by molar-refractivity contribution is -0.172. The first-order valence-corrected chi connectivity index (χ1v) is 17.9. The van der Waals surface area contributed by atoms with Crippen LogP contribution in [0.5, 0.6) is 0 Å². The van der Waals surface area contributed by atoms with Crippen molar-refractivity contribution >= 4 is 49.7 Å². The summed E-state index contributed by atoms with van der Waals surface area (Å²) in [5.74, 6) is -1.22. The molecule has 250 valence electrons. The normalized spacial score (nSPS) is 21.0. The summed E-state index contributed by atoms with van der Waals surface area (Å²) in [6.45, 7) is 12.5. The molecule has 4 heterocycles. The van der Waals surface area contributed by atoms with E-state index in [2.05, 4.69) is 5.32 Å². The third-order valence-corrected chi connectivity index (χ3v) is 12.7. The molecular formula is C34H38FN3O7S2. The first-order chi connectivity index (χ1) is 22.1. The molecule has 1 amide bonds. The zero-order valence-electron chi connectivity index (χ0n) is 27.4. The van der Waals surface area contributed by atoms with Crippen molar-refractivity contribution in [1.29, 1.82) is 0 Å². The van der Waals surface area contributed by atoms with Crippen LogP contribution in [0.1, 0.15) is 93.8 Å². The molecule has 0 fully saturated rings. The standard InChI is InChI=1S/C34H38FN3O7S2/c1-8-34(43)21-11-25-28-19(13-38(25)29(39)20(21)14-44-30(34)40)27-23(10-9-18-15(2)22(35)12-24(36-28)26(18)27)37-32(42)45-16(3)17(4)46-47-31(41)33(5,6)7/h11-12,16-17,23,43H,8-10,13-14H2,1-7H3,(H,37,42)/t16-,17+,23+,34+/m1/s1. The number of hydrogen-bond donors (Lipinski definition) is 2. The van der Waals surface area contributed by atoms with E-state index in [4.69, 9.17) is 14.5 Å². The van der Waals surface area contributed by atoms with Crippen LogP contribution >= 0.6 is 21.6 Å². The minimum atomic E-state index is -1.98. The molecule has 3 aromatic rings. The molecule has 2 N–H and O–H groups in total. The maximum absolute atomic E-state index is 15.2. The summed E-state index contributed by atoms with van der Waals surface area (Å²) >= 11 is 0. The maximum Gasteiger partial charge on any atom is 0.407 e. The summed E-state index contributed by atoms with van der Waals surface area (Å²) < 4.78 is 27.7. The van der Waals surface area contributed by atoms with Crippen LogP contribution in [0.25, 0.3) is 22.3 Å². The van der Waals surface area contributed by atoms with Gasteiger partial charge in [-0.15, -0.1) is 0 Å². The van der Waals surface area contributed by atoms with Crippen LogP contribution in [0, 0.1) is 18.2 Å². The molecule has 0 bridgehead atoms. The Hall–Kier alpha value is -3.42. The predicted octanol–water partition coefficient (Wildman–Crippen LogP) is 5.97. The van der Waals surface area contributed by atoms with Gasteiger partial charge in [0.1, 0.15) is 18.5 Å². The van der Waals surface area contributed by atoms with Gasteiger partial charge >= 0.3 is 12.1 Å². The maximum atomic E-state index is 15.2. The van der Waals surface area contributed by atoms with Gasteiger partial charge in [0.25, 0.3) is 5.56 Å². The Morgan fingerprint density at radius 1 is 1.23 bits per heavy atom. The Kier molecular flexibility index (Phi) is 8.49. The van der Waals surface area contributed by atoms with Crippen molar-refractivity contribution in [1.82, 2.24) is 14.9 Å². The van der Waals surface area contributed by atoms with Gasteiger partial charge in [0.05, 0.1) is 35.1 Å². The average molecular weight is 684 g/mol. The molecule has 2 aromatic heterocycles. The SMILES string of the molecule is CC[C@@]1(O)C(=O)OCc2c1cc1n(c2=O)Cc2c-1nc1cc(F)c(C)c3c1c2[C@@H](NC(=O)O[C@H](C)[C@H](C)SSC(=O)C(C)(C)C)CC3. The van der Waals surface area contributed by atoms with Gasteiger partial charge in [-0.25, -0.2) is 19.0 Å². The highest BCUT2D eigenvalue weighted by Crippen LogP contribution is 2.46. The molecule has 0 saturated carbocycles. The Morgan fingerprint density at radius 2 is 1.96 bits per heavy atom. The number of fused-ring (bicyclic) bond motifs is 5. The number of aromatic nitrogens is 2. The van der Waals surface area contributed by atoms with E-state index in [-0.39, 0.29) is 41.1 Å². The molecule has 1 aliphatic carbocycles. The summed E-state index contributed by atoms with van der Waals surface area (Å²) in [7, 11) is 2.51. The highest BCUT2D eigenvalue weighted by molar-refractivity contribution is 8.82. The van der Waals surface area contributed by atoms with Crippen molar-refractivity contribution in [3.63, 3.8) is 0 Å². The molecule has 6 rings (SSSR count). The van der Waals surface area contributed by atoms with E-state index in [1.807, 2.05) is 27.7 Å². The number of ether oxygens (including phenoxy) is 2. The minimum absolute atomic E-state index is 0.00800. The Labute approximate surface area is 279 Å². The van der Waals surface area contributed by atoms with Gasteiger partial charge in [0, 0.05) is 33.2 Å². The summed E-state index contributed by atoms with van der Waals surface area (Å²) in [5, 5.41) is 14.9. The van der Waals surface area contributed by atoms with E-state index < -0.39 is 46.6 Å². The molecule has 0 radical (unpaired) electrons. The van der Waals surface area contributed by atoms with Crippen LogP contribution in [0.2, 0.25) is 0 Å². The Balaban J connectivity index is 1.37. The van der Waals surface area contributed by atoms with Crippen LogP contribution in [-0.2, 0) is 44.2 Å². The summed E-state index contributed by atoms with van der Waals surface area (Å²) in [6, 6.07) is 2.46. The molecule has 0 spiro atoms. The number of esters is 1. The van der Waals surface area contributed by atoms with Crippen LogP contribution in [0.15, 0.2) is 16.9 Å². The number of nitrogens with one attached hydrogen (secondary N) is 1. The van der Waals surface area contributed by atoms with Crippen molar-refractivity contribution in [2.75, 3.05) is 0 Å². The number of alkyl carbamates (subject to hydrolysis) is 1. The second kappa shape index (κ2) is 11.9. The van der Waals surface area contributed by atoms with Crippen molar-refractivity contribution in [3.8, 4) is 11.4 Å². The van der Waals surface area contributed by atoms with E-state index >= 15 is 4.39 Å². The monoisotopic (exact) mass is 683 g/mol. The van der Waals surface area contributed by atoms with Crippen LogP contribution in [-0.4, -0.2) is 43.2 Å². The third-order valence-electron chi connectivity index (χ3n) is 9.51. The molecule has 10 nitrogen and oxygen atoms in total. The van der Waals surface area contributed by atoms with Gasteiger partial charge in [0.15, 0.2) is 5.60 Å². The number of aliphatic hydroxyl groups is 1. The van der Waals surface area contributed by atoms with E-state index in [1.165, 1.54) is 21.4 Å². The largest absolute Gasteiger partial charge is 0.458 e. The molecule has 4 atom stereocenters. The van der Waals surface area contributed by atoms with Crippen molar-refractivity contribution in [3.05, 3.63) is 61.7 Å². The number of rotatable bonds is 6. The number of pyridine rings is 2. The fraction of sp³-hybridized carbons (Fsp3) is 0.500. The van der Waals surface area contributed by atoms with Crippen molar-refractivity contribution < 1.29 is 33.4 Å². The zero-order chi connectivity index (χ0) is 34.2. The zero-order valence-corrected chi connectivity index (χ0v) is 29.0. The lowest BCUT2D eigenvalue weighted by atomic mass is 9.81. The number of nitrogens with zero attached hydrogens (tertiary/aromatic N) is 2. The number of cyclic esters (lactones) is 1.